The van der Waals surface area contributed by atoms with Gasteiger partial charge >= 0.3 is 5.97 Å². The smallest absolute Gasteiger partial charge is 0.305 e. The molecule has 0 aliphatic rings. The Morgan fingerprint density at radius 1 is 0.759 bits per heavy atom. The summed E-state index contributed by atoms with van der Waals surface area (Å²) in [7, 11) is 0. The standard InChI is InChI=1S/C25H48O4/c1-2-3-4-5-6-7-8-9-10-11-12-13-14-15-16-17-18-19-20-21-25(28)29-23-24(27)22-26/h9-10,24,26-27H,2-8,11-23H2,1H3/b10-9-/t24-/m1/s1. The van der Waals surface area contributed by atoms with Crippen LogP contribution in [-0.2, 0) is 9.53 Å². The molecule has 172 valence electrons. The van der Waals surface area contributed by atoms with E-state index in [-0.39, 0.29) is 19.2 Å². The van der Waals surface area contributed by atoms with Gasteiger partial charge in [-0.15, -0.1) is 0 Å². The monoisotopic (exact) mass is 412 g/mol. The van der Waals surface area contributed by atoms with Crippen molar-refractivity contribution < 1.29 is 19.7 Å². The van der Waals surface area contributed by atoms with Crippen LogP contribution >= 0.6 is 0 Å². The van der Waals surface area contributed by atoms with Crippen molar-refractivity contribution in [3.8, 4) is 0 Å². The molecule has 4 nitrogen and oxygen atoms in total. The summed E-state index contributed by atoms with van der Waals surface area (Å²) in [4.78, 5) is 11.4. The molecule has 0 aromatic carbocycles. The maximum atomic E-state index is 11.4. The highest BCUT2D eigenvalue weighted by atomic mass is 16.5. The molecule has 0 aromatic rings. The van der Waals surface area contributed by atoms with E-state index >= 15 is 0 Å². The molecule has 0 bridgehead atoms. The van der Waals surface area contributed by atoms with E-state index in [4.69, 9.17) is 14.9 Å². The molecule has 0 saturated carbocycles. The Kier molecular flexibility index (Phi) is 22.7. The molecule has 0 saturated heterocycles. The molecule has 0 aromatic heterocycles. The minimum absolute atomic E-state index is 0.107. The first-order valence-corrected chi connectivity index (χ1v) is 12.3. The predicted molar refractivity (Wildman–Crippen MR) is 122 cm³/mol. The van der Waals surface area contributed by atoms with Crippen molar-refractivity contribution in [1.82, 2.24) is 0 Å². The highest BCUT2D eigenvalue weighted by Crippen LogP contribution is 2.12. The van der Waals surface area contributed by atoms with Crippen LogP contribution in [0.15, 0.2) is 12.2 Å². The van der Waals surface area contributed by atoms with Gasteiger partial charge in [0.05, 0.1) is 6.61 Å². The van der Waals surface area contributed by atoms with E-state index in [0.29, 0.717) is 6.42 Å². The van der Waals surface area contributed by atoms with Crippen LogP contribution in [-0.4, -0.2) is 35.5 Å². The second kappa shape index (κ2) is 23.4. The van der Waals surface area contributed by atoms with Crippen molar-refractivity contribution in [3.63, 3.8) is 0 Å². The van der Waals surface area contributed by atoms with Gasteiger partial charge in [0.25, 0.3) is 0 Å². The van der Waals surface area contributed by atoms with Gasteiger partial charge in [-0.3, -0.25) is 4.79 Å². The summed E-state index contributed by atoms with van der Waals surface area (Å²) in [5.41, 5.74) is 0. The van der Waals surface area contributed by atoms with Crippen LogP contribution < -0.4 is 0 Å². The lowest BCUT2D eigenvalue weighted by molar-refractivity contribution is -0.147. The molecule has 0 rings (SSSR count). The maximum absolute atomic E-state index is 11.4. The lowest BCUT2D eigenvalue weighted by atomic mass is 10.1. The molecule has 0 heterocycles. The summed E-state index contributed by atoms with van der Waals surface area (Å²) in [6, 6.07) is 0. The van der Waals surface area contributed by atoms with Crippen LogP contribution in [0.25, 0.3) is 0 Å². The summed E-state index contributed by atoms with van der Waals surface area (Å²) in [6.07, 6.45) is 25.9. The third-order valence-electron chi connectivity index (χ3n) is 5.29. The minimum Gasteiger partial charge on any atom is -0.463 e. The number of aliphatic hydroxyl groups is 2. The van der Waals surface area contributed by atoms with Crippen molar-refractivity contribution in [3.05, 3.63) is 12.2 Å². The van der Waals surface area contributed by atoms with E-state index in [1.165, 1.54) is 96.3 Å². The highest BCUT2D eigenvalue weighted by Gasteiger charge is 2.07. The van der Waals surface area contributed by atoms with E-state index in [1.807, 2.05) is 0 Å². The first kappa shape index (κ1) is 28.1. The van der Waals surface area contributed by atoms with Crippen molar-refractivity contribution in [2.24, 2.45) is 0 Å². The summed E-state index contributed by atoms with van der Waals surface area (Å²) in [5.74, 6) is -0.279. The topological polar surface area (TPSA) is 66.8 Å². The zero-order valence-electron chi connectivity index (χ0n) is 19.1. The molecule has 4 heteroatoms. The third-order valence-corrected chi connectivity index (χ3v) is 5.29. The van der Waals surface area contributed by atoms with E-state index in [1.54, 1.807) is 0 Å². The normalized spacial score (nSPS) is 12.5. The number of esters is 1. The van der Waals surface area contributed by atoms with Gasteiger partial charge in [-0.25, -0.2) is 0 Å². The number of rotatable bonds is 22. The van der Waals surface area contributed by atoms with Crippen LogP contribution in [0.5, 0.6) is 0 Å². The zero-order chi connectivity index (χ0) is 21.4. The Morgan fingerprint density at radius 3 is 1.69 bits per heavy atom. The molecule has 29 heavy (non-hydrogen) atoms. The van der Waals surface area contributed by atoms with Crippen LogP contribution in [0.4, 0.5) is 0 Å². The minimum atomic E-state index is -0.958. The Labute approximate surface area is 180 Å². The van der Waals surface area contributed by atoms with Gasteiger partial charge in [-0.05, 0) is 32.1 Å². The van der Waals surface area contributed by atoms with Gasteiger partial charge in [0.15, 0.2) is 0 Å². The quantitative estimate of drug-likeness (QED) is 0.121. The van der Waals surface area contributed by atoms with Crippen molar-refractivity contribution in [2.45, 2.75) is 129 Å². The van der Waals surface area contributed by atoms with Crippen LogP contribution in [0, 0.1) is 0 Å². The fourth-order valence-corrected chi connectivity index (χ4v) is 3.36. The molecule has 1 atom stereocenters. The van der Waals surface area contributed by atoms with Crippen LogP contribution in [0.1, 0.15) is 122 Å². The van der Waals surface area contributed by atoms with E-state index in [0.717, 1.165) is 12.8 Å². The SMILES string of the molecule is CCCCCCCC/C=C\CCCCCCCCCCCC(=O)OC[C@H](O)CO. The first-order chi connectivity index (χ1) is 14.2. The average Bonchev–Trinajstić information content (AvgIpc) is 2.73. The van der Waals surface area contributed by atoms with Crippen LogP contribution in [0.2, 0.25) is 0 Å². The van der Waals surface area contributed by atoms with Gasteiger partial charge in [0, 0.05) is 6.42 Å². The largest absolute Gasteiger partial charge is 0.463 e. The number of aliphatic hydroxyl groups excluding tert-OH is 2. The van der Waals surface area contributed by atoms with Crippen molar-refractivity contribution in [2.75, 3.05) is 13.2 Å². The lowest BCUT2D eigenvalue weighted by Gasteiger charge is -2.08. The zero-order valence-corrected chi connectivity index (χ0v) is 19.1. The second-order valence-corrected chi connectivity index (χ2v) is 8.27. The van der Waals surface area contributed by atoms with Gasteiger partial charge < -0.3 is 14.9 Å². The molecule has 0 aliphatic heterocycles. The molecule has 2 N–H and O–H groups in total. The number of ether oxygens (including phenoxy) is 1. The number of unbranched alkanes of at least 4 members (excludes halogenated alkanes) is 15. The fourth-order valence-electron chi connectivity index (χ4n) is 3.36. The Balaban J connectivity index is 3.18. The molecular formula is C25H48O4. The molecule has 0 amide bonds. The number of hydrogen-bond acceptors (Lipinski definition) is 4. The molecule has 0 spiro atoms. The van der Waals surface area contributed by atoms with Crippen molar-refractivity contribution in [1.29, 1.82) is 0 Å². The summed E-state index contributed by atoms with van der Waals surface area (Å²) in [6.45, 7) is 1.79. The summed E-state index contributed by atoms with van der Waals surface area (Å²) >= 11 is 0. The second-order valence-electron chi connectivity index (χ2n) is 8.27. The Hall–Kier alpha value is -0.870. The molecular weight excluding hydrogens is 364 g/mol. The van der Waals surface area contributed by atoms with Gasteiger partial charge in [-0.2, -0.15) is 0 Å². The van der Waals surface area contributed by atoms with E-state index < -0.39 is 6.10 Å². The van der Waals surface area contributed by atoms with E-state index in [9.17, 15) is 4.79 Å². The molecule has 0 unspecified atom stereocenters. The highest BCUT2D eigenvalue weighted by molar-refractivity contribution is 5.69. The van der Waals surface area contributed by atoms with Gasteiger partial charge in [-0.1, -0.05) is 96.1 Å². The number of allylic oxidation sites excluding steroid dienone is 2. The number of carbonyl (C=O) groups is 1. The molecule has 0 radical (unpaired) electrons. The maximum Gasteiger partial charge on any atom is 0.305 e. The Bertz CT molecular complexity index is 368. The number of hydrogen-bond donors (Lipinski definition) is 2. The van der Waals surface area contributed by atoms with Gasteiger partial charge in [0.2, 0.25) is 0 Å². The summed E-state index contributed by atoms with van der Waals surface area (Å²) < 4.78 is 4.88. The van der Waals surface area contributed by atoms with Crippen molar-refractivity contribution >= 4 is 5.97 Å². The van der Waals surface area contributed by atoms with Crippen LogP contribution in [0.3, 0.4) is 0 Å². The molecule has 0 aliphatic carbocycles. The summed E-state index contributed by atoms with van der Waals surface area (Å²) in [5, 5.41) is 17.8. The molecule has 0 fully saturated rings. The predicted octanol–water partition coefficient (Wildman–Crippen LogP) is 6.48. The van der Waals surface area contributed by atoms with E-state index in [2.05, 4.69) is 19.1 Å². The lowest BCUT2D eigenvalue weighted by Crippen LogP contribution is -2.21. The first-order valence-electron chi connectivity index (χ1n) is 12.3. The number of carbonyl (C=O) groups excluding carboxylic acids is 1. The Morgan fingerprint density at radius 2 is 1.21 bits per heavy atom. The third kappa shape index (κ3) is 23.3. The van der Waals surface area contributed by atoms with Gasteiger partial charge in [0.1, 0.15) is 12.7 Å². The average molecular weight is 413 g/mol. The fraction of sp³-hybridized carbons (Fsp3) is 0.880.